The molecule has 136 valence electrons. The predicted octanol–water partition coefficient (Wildman–Crippen LogP) is 2.21. The normalized spacial score (nSPS) is 18.7. The molecule has 0 spiro atoms. The Labute approximate surface area is 148 Å². The molecule has 2 unspecified atom stereocenters. The second-order valence-corrected chi connectivity index (χ2v) is 6.97. The molecular weight excluding hydrogens is 320 g/mol. The highest BCUT2D eigenvalue weighted by Crippen LogP contribution is 2.22. The van der Waals surface area contributed by atoms with Crippen LogP contribution in [0.3, 0.4) is 0 Å². The lowest BCUT2D eigenvalue weighted by atomic mass is 9.96. The zero-order valence-electron chi connectivity index (χ0n) is 14.8. The molecule has 0 aromatic heterocycles. The largest absolute Gasteiger partial charge is 0.481 e. The standard InChI is InChI=1S/C19H26N2O4/c1-13(2)11-16(22)20-17(14-7-4-3-5-8-14)18(23)21-10-6-9-15(12-21)19(24)25/h3-5,7-8,13,15,17H,6,9-12H2,1-2H3,(H,20,22)(H,24,25). The summed E-state index contributed by atoms with van der Waals surface area (Å²) in [5.74, 6) is -1.64. The number of hydrogen-bond acceptors (Lipinski definition) is 3. The van der Waals surface area contributed by atoms with E-state index in [9.17, 15) is 19.5 Å². The molecule has 6 heteroatoms. The summed E-state index contributed by atoms with van der Waals surface area (Å²) in [5.41, 5.74) is 0.710. The summed E-state index contributed by atoms with van der Waals surface area (Å²) in [7, 11) is 0. The molecule has 1 fully saturated rings. The third kappa shape index (κ3) is 5.31. The number of likely N-dealkylation sites (tertiary alicyclic amines) is 1. The molecule has 1 aromatic rings. The Kier molecular flexibility index (Phi) is 6.56. The van der Waals surface area contributed by atoms with Crippen molar-refractivity contribution in [3.05, 3.63) is 35.9 Å². The highest BCUT2D eigenvalue weighted by molar-refractivity contribution is 5.89. The highest BCUT2D eigenvalue weighted by atomic mass is 16.4. The van der Waals surface area contributed by atoms with E-state index in [1.165, 1.54) is 0 Å². The number of piperidine rings is 1. The molecule has 2 amide bonds. The number of nitrogens with zero attached hydrogens (tertiary/aromatic N) is 1. The number of benzene rings is 1. The van der Waals surface area contributed by atoms with Crippen molar-refractivity contribution in [3.63, 3.8) is 0 Å². The molecule has 0 bridgehead atoms. The summed E-state index contributed by atoms with van der Waals surface area (Å²) >= 11 is 0. The second kappa shape index (κ2) is 8.65. The Morgan fingerprint density at radius 3 is 2.52 bits per heavy atom. The highest BCUT2D eigenvalue weighted by Gasteiger charge is 2.33. The van der Waals surface area contributed by atoms with Crippen molar-refractivity contribution in [2.75, 3.05) is 13.1 Å². The smallest absolute Gasteiger partial charge is 0.308 e. The van der Waals surface area contributed by atoms with Crippen LogP contribution in [0.2, 0.25) is 0 Å². The van der Waals surface area contributed by atoms with E-state index in [-0.39, 0.29) is 24.3 Å². The number of aliphatic carboxylic acids is 1. The third-order valence-corrected chi connectivity index (χ3v) is 4.36. The van der Waals surface area contributed by atoms with Crippen LogP contribution in [0.25, 0.3) is 0 Å². The molecule has 2 rings (SSSR count). The van der Waals surface area contributed by atoms with Gasteiger partial charge in [-0.25, -0.2) is 0 Å². The second-order valence-electron chi connectivity index (χ2n) is 6.97. The third-order valence-electron chi connectivity index (χ3n) is 4.36. The van der Waals surface area contributed by atoms with E-state index in [1.54, 1.807) is 17.0 Å². The van der Waals surface area contributed by atoms with Crippen molar-refractivity contribution in [3.8, 4) is 0 Å². The van der Waals surface area contributed by atoms with Crippen LogP contribution in [0.15, 0.2) is 30.3 Å². The van der Waals surface area contributed by atoms with Crippen LogP contribution >= 0.6 is 0 Å². The van der Waals surface area contributed by atoms with E-state index in [0.29, 0.717) is 31.4 Å². The van der Waals surface area contributed by atoms with Gasteiger partial charge in [-0.15, -0.1) is 0 Å². The SMILES string of the molecule is CC(C)CC(=O)NC(C(=O)N1CCCC(C(=O)O)C1)c1ccccc1. The first-order valence-electron chi connectivity index (χ1n) is 8.74. The molecule has 1 aliphatic rings. The summed E-state index contributed by atoms with van der Waals surface area (Å²) in [6.45, 7) is 4.60. The Balaban J connectivity index is 2.17. The van der Waals surface area contributed by atoms with Crippen molar-refractivity contribution in [1.29, 1.82) is 0 Å². The van der Waals surface area contributed by atoms with Crippen LogP contribution in [0.5, 0.6) is 0 Å². The minimum Gasteiger partial charge on any atom is -0.481 e. The average molecular weight is 346 g/mol. The Morgan fingerprint density at radius 1 is 1.24 bits per heavy atom. The van der Waals surface area contributed by atoms with Crippen molar-refractivity contribution >= 4 is 17.8 Å². The molecule has 1 saturated heterocycles. The first-order chi connectivity index (χ1) is 11.9. The van der Waals surface area contributed by atoms with Crippen LogP contribution in [-0.4, -0.2) is 40.9 Å². The van der Waals surface area contributed by atoms with E-state index in [1.807, 2.05) is 32.0 Å². The van der Waals surface area contributed by atoms with Crippen LogP contribution in [0.1, 0.15) is 44.7 Å². The molecular formula is C19H26N2O4. The molecule has 2 atom stereocenters. The van der Waals surface area contributed by atoms with Gasteiger partial charge in [-0.05, 0) is 24.3 Å². The van der Waals surface area contributed by atoms with Gasteiger partial charge in [0.25, 0.3) is 0 Å². The van der Waals surface area contributed by atoms with E-state index in [2.05, 4.69) is 5.32 Å². The Bertz CT molecular complexity index is 615. The number of carbonyl (C=O) groups excluding carboxylic acids is 2. The summed E-state index contributed by atoms with van der Waals surface area (Å²) in [6.07, 6.45) is 1.58. The summed E-state index contributed by atoms with van der Waals surface area (Å²) in [6, 6.07) is 8.32. The average Bonchev–Trinajstić information content (AvgIpc) is 2.59. The maximum absolute atomic E-state index is 13.0. The monoisotopic (exact) mass is 346 g/mol. The molecule has 6 nitrogen and oxygen atoms in total. The fraction of sp³-hybridized carbons (Fsp3) is 0.526. The molecule has 0 radical (unpaired) electrons. The van der Waals surface area contributed by atoms with E-state index in [4.69, 9.17) is 0 Å². The molecule has 0 aliphatic carbocycles. The van der Waals surface area contributed by atoms with Crippen molar-refractivity contribution < 1.29 is 19.5 Å². The number of carbonyl (C=O) groups is 3. The van der Waals surface area contributed by atoms with Crippen LogP contribution < -0.4 is 5.32 Å². The number of hydrogen-bond donors (Lipinski definition) is 2. The lowest BCUT2D eigenvalue weighted by molar-refractivity contribution is -0.147. The van der Waals surface area contributed by atoms with Crippen molar-refractivity contribution in [2.24, 2.45) is 11.8 Å². The van der Waals surface area contributed by atoms with E-state index >= 15 is 0 Å². The Morgan fingerprint density at radius 2 is 1.92 bits per heavy atom. The number of amides is 2. The van der Waals surface area contributed by atoms with Crippen molar-refractivity contribution in [1.82, 2.24) is 10.2 Å². The van der Waals surface area contributed by atoms with Gasteiger partial charge in [0, 0.05) is 19.5 Å². The number of rotatable bonds is 6. The van der Waals surface area contributed by atoms with Gasteiger partial charge >= 0.3 is 5.97 Å². The first kappa shape index (κ1) is 19.0. The summed E-state index contributed by atoms with van der Waals surface area (Å²) in [5, 5.41) is 12.1. The van der Waals surface area contributed by atoms with Gasteiger partial charge < -0.3 is 15.3 Å². The summed E-state index contributed by atoms with van der Waals surface area (Å²) < 4.78 is 0. The van der Waals surface area contributed by atoms with Gasteiger partial charge in [0.1, 0.15) is 6.04 Å². The van der Waals surface area contributed by atoms with Crippen LogP contribution in [0.4, 0.5) is 0 Å². The molecule has 0 saturated carbocycles. The molecule has 1 heterocycles. The fourth-order valence-corrected chi connectivity index (χ4v) is 3.09. The number of carboxylic acids is 1. The topological polar surface area (TPSA) is 86.7 Å². The van der Waals surface area contributed by atoms with Gasteiger partial charge in [-0.3, -0.25) is 14.4 Å². The lowest BCUT2D eigenvalue weighted by Crippen LogP contribution is -2.48. The van der Waals surface area contributed by atoms with Gasteiger partial charge in [0.15, 0.2) is 0 Å². The van der Waals surface area contributed by atoms with Gasteiger partial charge in [-0.2, -0.15) is 0 Å². The number of carboxylic acid groups (broad SMARTS) is 1. The maximum atomic E-state index is 13.0. The summed E-state index contributed by atoms with van der Waals surface area (Å²) in [4.78, 5) is 38.0. The minimum atomic E-state index is -0.877. The predicted molar refractivity (Wildman–Crippen MR) is 93.7 cm³/mol. The zero-order chi connectivity index (χ0) is 18.4. The molecule has 25 heavy (non-hydrogen) atoms. The minimum absolute atomic E-state index is 0.177. The molecule has 1 aromatic carbocycles. The van der Waals surface area contributed by atoms with Gasteiger partial charge in [0.2, 0.25) is 11.8 Å². The van der Waals surface area contributed by atoms with Gasteiger partial charge in [-0.1, -0.05) is 44.2 Å². The maximum Gasteiger partial charge on any atom is 0.308 e. The quantitative estimate of drug-likeness (QED) is 0.827. The Hall–Kier alpha value is -2.37. The van der Waals surface area contributed by atoms with Crippen LogP contribution in [0, 0.1) is 11.8 Å². The van der Waals surface area contributed by atoms with E-state index < -0.39 is 17.9 Å². The van der Waals surface area contributed by atoms with E-state index in [0.717, 1.165) is 0 Å². The fourth-order valence-electron chi connectivity index (χ4n) is 3.09. The zero-order valence-corrected chi connectivity index (χ0v) is 14.8. The van der Waals surface area contributed by atoms with Gasteiger partial charge in [0.05, 0.1) is 5.92 Å². The van der Waals surface area contributed by atoms with Crippen LogP contribution in [-0.2, 0) is 14.4 Å². The number of nitrogens with one attached hydrogen (secondary N) is 1. The molecule has 2 N–H and O–H groups in total. The first-order valence-corrected chi connectivity index (χ1v) is 8.74. The molecule has 1 aliphatic heterocycles. The lowest BCUT2D eigenvalue weighted by Gasteiger charge is -2.33. The van der Waals surface area contributed by atoms with Crippen molar-refractivity contribution in [2.45, 2.75) is 39.2 Å².